The molecule has 1 saturated carbocycles. The Balaban J connectivity index is 1.70. The second kappa shape index (κ2) is 9.65. The first-order valence-electron chi connectivity index (χ1n) is 11.9. The lowest BCUT2D eigenvalue weighted by atomic mass is 10.1. The van der Waals surface area contributed by atoms with Gasteiger partial charge in [-0.15, -0.1) is 0 Å². The van der Waals surface area contributed by atoms with Crippen molar-refractivity contribution in [1.82, 2.24) is 25.3 Å². The molecule has 11 heteroatoms. The van der Waals surface area contributed by atoms with E-state index in [-0.39, 0.29) is 28.9 Å². The molecular weight excluding hydrogens is 424 g/mol. The number of nitrogens with zero attached hydrogens (tertiary/aromatic N) is 4. The van der Waals surface area contributed by atoms with Gasteiger partial charge in [0.1, 0.15) is 11.5 Å². The molecule has 0 bridgehead atoms. The van der Waals surface area contributed by atoms with Gasteiger partial charge in [-0.1, -0.05) is 6.07 Å². The minimum Gasteiger partial charge on any atom is -0.494 e. The average Bonchev–Trinajstić information content (AvgIpc) is 3.57. The van der Waals surface area contributed by atoms with Crippen molar-refractivity contribution in [2.75, 3.05) is 31.3 Å². The van der Waals surface area contributed by atoms with Gasteiger partial charge in [0.2, 0.25) is 5.91 Å². The van der Waals surface area contributed by atoms with Crippen molar-refractivity contribution in [3.05, 3.63) is 42.2 Å². The number of aromatic nitrogens is 4. The van der Waals surface area contributed by atoms with Crippen LogP contribution in [-0.4, -0.2) is 52.4 Å². The third-order valence-electron chi connectivity index (χ3n) is 5.09. The number of benzene rings is 1. The minimum absolute atomic E-state index is 0.0307. The largest absolute Gasteiger partial charge is 0.494 e. The lowest BCUT2D eigenvalue weighted by Gasteiger charge is -2.17. The molecule has 0 aliphatic heterocycles. The molecular formula is C22H26N8O3. The summed E-state index contributed by atoms with van der Waals surface area (Å²) in [5, 5.41) is 16.4. The van der Waals surface area contributed by atoms with Crippen molar-refractivity contribution in [3.8, 4) is 17.0 Å². The van der Waals surface area contributed by atoms with E-state index < -0.39 is 12.9 Å². The SMILES string of the molecule is [2H]C([2H])([2H])NC(=O)c1cnc(NC(=O)C2CC2)cc1Nc1cccc(-c2cnn(CCN)n2)c1OC. The predicted octanol–water partition coefficient (Wildman–Crippen LogP) is 1.76. The highest BCUT2D eigenvalue weighted by Crippen LogP contribution is 2.38. The zero-order valence-electron chi connectivity index (χ0n) is 21.0. The van der Waals surface area contributed by atoms with Crippen LogP contribution in [0.25, 0.3) is 11.3 Å². The number of ether oxygens (including phenoxy) is 1. The van der Waals surface area contributed by atoms with Crippen LogP contribution < -0.4 is 26.4 Å². The molecule has 172 valence electrons. The maximum atomic E-state index is 12.7. The number of methoxy groups -OCH3 is 1. The molecule has 0 unspecified atom stereocenters. The quantitative estimate of drug-likeness (QED) is 0.383. The highest BCUT2D eigenvalue weighted by molar-refractivity contribution is 6.01. The minimum atomic E-state index is -2.69. The summed E-state index contributed by atoms with van der Waals surface area (Å²) in [6.07, 6.45) is 4.43. The van der Waals surface area contributed by atoms with Crippen molar-refractivity contribution in [2.24, 2.45) is 11.7 Å². The van der Waals surface area contributed by atoms with Gasteiger partial charge < -0.3 is 26.4 Å². The van der Waals surface area contributed by atoms with E-state index in [0.717, 1.165) is 12.8 Å². The first-order chi connectivity index (χ1) is 17.2. The molecule has 0 spiro atoms. The Morgan fingerprint density at radius 2 is 2.15 bits per heavy atom. The third kappa shape index (κ3) is 4.93. The van der Waals surface area contributed by atoms with E-state index >= 15 is 0 Å². The number of carbonyl (C=O) groups excluding carboxylic acids is 2. The maximum Gasteiger partial charge on any atom is 0.254 e. The lowest BCUT2D eigenvalue weighted by molar-refractivity contribution is -0.117. The van der Waals surface area contributed by atoms with Gasteiger partial charge in [-0.25, -0.2) is 4.98 Å². The van der Waals surface area contributed by atoms with E-state index in [0.29, 0.717) is 35.8 Å². The summed E-state index contributed by atoms with van der Waals surface area (Å²) in [6, 6.07) is 6.76. The van der Waals surface area contributed by atoms with Crippen LogP contribution in [0.3, 0.4) is 0 Å². The summed E-state index contributed by atoms with van der Waals surface area (Å²) in [5.41, 5.74) is 7.43. The van der Waals surface area contributed by atoms with Crippen molar-refractivity contribution in [2.45, 2.75) is 19.4 Å². The zero-order valence-corrected chi connectivity index (χ0v) is 18.0. The Kier molecular flexibility index (Phi) is 5.43. The second-order valence-corrected chi connectivity index (χ2v) is 7.46. The van der Waals surface area contributed by atoms with Gasteiger partial charge in [0.15, 0.2) is 5.75 Å². The van der Waals surface area contributed by atoms with E-state index in [1.807, 2.05) is 5.32 Å². The van der Waals surface area contributed by atoms with E-state index in [2.05, 4.69) is 25.8 Å². The van der Waals surface area contributed by atoms with Crippen LogP contribution >= 0.6 is 0 Å². The number of hydrogen-bond donors (Lipinski definition) is 4. The van der Waals surface area contributed by atoms with Gasteiger partial charge in [-0.2, -0.15) is 15.0 Å². The maximum absolute atomic E-state index is 12.7. The number of hydrogen-bond acceptors (Lipinski definition) is 8. The highest BCUT2D eigenvalue weighted by atomic mass is 16.5. The first-order valence-corrected chi connectivity index (χ1v) is 10.4. The smallest absolute Gasteiger partial charge is 0.254 e. The van der Waals surface area contributed by atoms with Gasteiger partial charge in [0, 0.05) is 41.4 Å². The van der Waals surface area contributed by atoms with E-state index in [9.17, 15) is 9.59 Å². The Hall–Kier alpha value is -3.99. The van der Waals surface area contributed by atoms with Crippen LogP contribution in [0.4, 0.5) is 17.2 Å². The lowest BCUT2D eigenvalue weighted by Crippen LogP contribution is -2.20. The average molecular weight is 454 g/mol. The molecule has 2 amide bonds. The van der Waals surface area contributed by atoms with E-state index in [1.54, 1.807) is 24.4 Å². The molecule has 1 fully saturated rings. The fourth-order valence-corrected chi connectivity index (χ4v) is 3.30. The summed E-state index contributed by atoms with van der Waals surface area (Å²) in [5.74, 6) is -0.427. The molecule has 33 heavy (non-hydrogen) atoms. The zero-order chi connectivity index (χ0) is 25.9. The third-order valence-corrected chi connectivity index (χ3v) is 5.09. The van der Waals surface area contributed by atoms with Crippen LogP contribution in [-0.2, 0) is 11.3 Å². The summed E-state index contributed by atoms with van der Waals surface area (Å²) >= 11 is 0. The van der Waals surface area contributed by atoms with Crippen molar-refractivity contribution < 1.29 is 18.4 Å². The molecule has 2 heterocycles. The standard InChI is InChI=1S/C22H26N8O3/c1-24-22(32)15-11-25-19(28-21(31)13-6-7-13)10-17(15)27-16-5-3-4-14(20(16)33-2)18-12-26-30(29-18)9-8-23/h3-5,10-13H,6-9,23H2,1-2H3,(H,24,32)(H2,25,27,28,31)/i1D3. The highest BCUT2D eigenvalue weighted by Gasteiger charge is 2.30. The van der Waals surface area contributed by atoms with Crippen LogP contribution in [0.15, 0.2) is 36.7 Å². The molecule has 3 aromatic rings. The molecule has 4 rings (SSSR count). The second-order valence-electron chi connectivity index (χ2n) is 7.46. The van der Waals surface area contributed by atoms with E-state index in [4.69, 9.17) is 14.6 Å². The number of anilines is 3. The van der Waals surface area contributed by atoms with E-state index in [1.165, 1.54) is 24.2 Å². The van der Waals surface area contributed by atoms with Gasteiger partial charge in [0.25, 0.3) is 5.91 Å². The number of nitrogens with one attached hydrogen (secondary N) is 3. The predicted molar refractivity (Wildman–Crippen MR) is 123 cm³/mol. The Morgan fingerprint density at radius 3 is 2.88 bits per heavy atom. The summed E-state index contributed by atoms with van der Waals surface area (Å²) < 4.78 is 27.8. The molecule has 0 saturated heterocycles. The monoisotopic (exact) mass is 453 g/mol. The molecule has 0 radical (unpaired) electrons. The molecule has 1 aromatic carbocycles. The van der Waals surface area contributed by atoms with Crippen molar-refractivity contribution >= 4 is 29.0 Å². The molecule has 11 nitrogen and oxygen atoms in total. The number of rotatable bonds is 9. The Morgan fingerprint density at radius 1 is 1.30 bits per heavy atom. The van der Waals surface area contributed by atoms with Crippen molar-refractivity contribution in [3.63, 3.8) is 0 Å². The van der Waals surface area contributed by atoms with Crippen molar-refractivity contribution in [1.29, 1.82) is 0 Å². The Bertz CT molecular complexity index is 1270. The van der Waals surface area contributed by atoms with Crippen LogP contribution in [0.1, 0.15) is 27.3 Å². The topological polar surface area (TPSA) is 149 Å². The summed E-state index contributed by atoms with van der Waals surface area (Å²) in [6.45, 7) is -1.86. The fourth-order valence-electron chi connectivity index (χ4n) is 3.30. The molecule has 5 N–H and O–H groups in total. The van der Waals surface area contributed by atoms with Crippen LogP contribution in [0.5, 0.6) is 5.75 Å². The van der Waals surface area contributed by atoms with Gasteiger partial charge >= 0.3 is 0 Å². The number of carbonyl (C=O) groups is 2. The van der Waals surface area contributed by atoms with Gasteiger partial charge in [-0.3, -0.25) is 9.59 Å². The number of amides is 2. The normalized spacial score (nSPS) is 14.5. The van der Waals surface area contributed by atoms with Crippen LogP contribution in [0.2, 0.25) is 0 Å². The van der Waals surface area contributed by atoms with Crippen LogP contribution in [0, 0.1) is 5.92 Å². The number of nitrogens with two attached hydrogens (primary N) is 1. The Labute approximate surface area is 194 Å². The molecule has 0 atom stereocenters. The first kappa shape index (κ1) is 18.6. The summed E-state index contributed by atoms with van der Waals surface area (Å²) in [4.78, 5) is 30.6. The fraction of sp³-hybridized carbons (Fsp3) is 0.318. The molecule has 1 aliphatic carbocycles. The number of para-hydroxylation sites is 1. The summed E-state index contributed by atoms with van der Waals surface area (Å²) in [7, 11) is 1.49. The molecule has 2 aromatic heterocycles. The molecule has 1 aliphatic rings. The van der Waals surface area contributed by atoms with Gasteiger partial charge in [-0.05, 0) is 25.0 Å². The van der Waals surface area contributed by atoms with Gasteiger partial charge in [0.05, 0.1) is 36.8 Å². The number of pyridine rings is 1.